The second-order valence-electron chi connectivity index (χ2n) is 5.43. The number of nitrogens with one attached hydrogen (secondary N) is 1. The van der Waals surface area contributed by atoms with Crippen molar-refractivity contribution in [3.05, 3.63) is 0 Å². The number of amides is 1. The summed E-state index contributed by atoms with van der Waals surface area (Å²) < 4.78 is 0. The fourth-order valence-electron chi connectivity index (χ4n) is 1.51. The number of hydrogen-bond acceptors (Lipinski definition) is 2. The van der Waals surface area contributed by atoms with Crippen LogP contribution in [-0.2, 0) is 4.79 Å². The molecule has 0 aliphatic rings. The Balaban J connectivity index is 4.36. The summed E-state index contributed by atoms with van der Waals surface area (Å²) in [6, 6.07) is 0. The van der Waals surface area contributed by atoms with E-state index in [0.29, 0.717) is 6.42 Å². The molecule has 0 saturated carbocycles. The maximum Gasteiger partial charge on any atom is 0.221 e. The van der Waals surface area contributed by atoms with Crippen molar-refractivity contribution < 1.29 is 9.90 Å². The molecule has 0 aliphatic carbocycles. The van der Waals surface area contributed by atoms with Gasteiger partial charge in [-0.15, -0.1) is 0 Å². The third-order valence-corrected chi connectivity index (χ3v) is 2.75. The van der Waals surface area contributed by atoms with Crippen LogP contribution in [0.15, 0.2) is 0 Å². The van der Waals surface area contributed by atoms with Crippen molar-refractivity contribution in [2.75, 3.05) is 6.61 Å². The van der Waals surface area contributed by atoms with E-state index in [1.807, 2.05) is 34.6 Å². The summed E-state index contributed by atoms with van der Waals surface area (Å²) in [6.45, 7) is 10.1. The Kier molecular flexibility index (Phi) is 5.29. The summed E-state index contributed by atoms with van der Waals surface area (Å²) in [5.41, 5.74) is -0.435. The molecular formula is C12H25NO2. The van der Waals surface area contributed by atoms with Gasteiger partial charge in [-0.3, -0.25) is 4.79 Å². The molecule has 0 bridgehead atoms. The Hall–Kier alpha value is -0.570. The van der Waals surface area contributed by atoms with Gasteiger partial charge in [-0.1, -0.05) is 34.6 Å². The van der Waals surface area contributed by atoms with Crippen LogP contribution in [0.25, 0.3) is 0 Å². The lowest BCUT2D eigenvalue weighted by atomic mass is 9.89. The lowest BCUT2D eigenvalue weighted by molar-refractivity contribution is -0.125. The molecule has 0 aromatic heterocycles. The molecule has 0 radical (unpaired) electrons. The van der Waals surface area contributed by atoms with Crippen LogP contribution in [0, 0.1) is 5.41 Å². The van der Waals surface area contributed by atoms with E-state index in [2.05, 4.69) is 5.32 Å². The van der Waals surface area contributed by atoms with Gasteiger partial charge in [0.05, 0.1) is 12.1 Å². The Labute approximate surface area is 93.3 Å². The van der Waals surface area contributed by atoms with Crippen molar-refractivity contribution in [3.8, 4) is 0 Å². The van der Waals surface area contributed by atoms with Crippen LogP contribution >= 0.6 is 0 Å². The monoisotopic (exact) mass is 215 g/mol. The smallest absolute Gasteiger partial charge is 0.221 e. The molecule has 15 heavy (non-hydrogen) atoms. The minimum atomic E-state index is -0.428. The first-order valence-electron chi connectivity index (χ1n) is 5.70. The molecule has 0 aromatic rings. The molecule has 3 heteroatoms. The van der Waals surface area contributed by atoms with Crippen molar-refractivity contribution in [2.24, 2.45) is 5.41 Å². The Bertz CT molecular complexity index is 194. The number of carbonyl (C=O) groups is 1. The molecule has 0 aliphatic heterocycles. The zero-order chi connectivity index (χ0) is 12.1. The highest BCUT2D eigenvalue weighted by Gasteiger charge is 2.28. The van der Waals surface area contributed by atoms with Gasteiger partial charge in [0.25, 0.3) is 0 Å². The fourth-order valence-corrected chi connectivity index (χ4v) is 1.51. The zero-order valence-electron chi connectivity index (χ0n) is 10.7. The van der Waals surface area contributed by atoms with E-state index >= 15 is 0 Å². The van der Waals surface area contributed by atoms with Gasteiger partial charge in [0.15, 0.2) is 0 Å². The maximum absolute atomic E-state index is 11.7. The van der Waals surface area contributed by atoms with Gasteiger partial charge < -0.3 is 10.4 Å². The van der Waals surface area contributed by atoms with Crippen LogP contribution in [0.4, 0.5) is 0 Å². The van der Waals surface area contributed by atoms with Gasteiger partial charge in [-0.25, -0.2) is 0 Å². The minimum absolute atomic E-state index is 0.00718. The third kappa shape index (κ3) is 5.17. The van der Waals surface area contributed by atoms with Crippen LogP contribution in [0.2, 0.25) is 0 Å². The van der Waals surface area contributed by atoms with Crippen LogP contribution in [0.5, 0.6) is 0 Å². The third-order valence-electron chi connectivity index (χ3n) is 2.75. The van der Waals surface area contributed by atoms with Gasteiger partial charge in [0.2, 0.25) is 5.91 Å². The van der Waals surface area contributed by atoms with E-state index in [-0.39, 0.29) is 17.9 Å². The Morgan fingerprint density at radius 1 is 1.20 bits per heavy atom. The van der Waals surface area contributed by atoms with Crippen molar-refractivity contribution in [3.63, 3.8) is 0 Å². The number of hydrogen-bond donors (Lipinski definition) is 2. The van der Waals surface area contributed by atoms with Crippen molar-refractivity contribution >= 4 is 5.91 Å². The van der Waals surface area contributed by atoms with Crippen LogP contribution in [0.3, 0.4) is 0 Å². The largest absolute Gasteiger partial charge is 0.394 e. The second-order valence-corrected chi connectivity index (χ2v) is 5.43. The van der Waals surface area contributed by atoms with Crippen LogP contribution < -0.4 is 5.32 Å². The predicted octanol–water partition coefficient (Wildman–Crippen LogP) is 2.09. The molecule has 0 unspecified atom stereocenters. The lowest BCUT2D eigenvalue weighted by Gasteiger charge is -2.32. The average molecular weight is 215 g/mol. The molecule has 0 spiro atoms. The highest BCUT2D eigenvalue weighted by atomic mass is 16.3. The first-order valence-corrected chi connectivity index (χ1v) is 5.70. The molecule has 0 atom stereocenters. The molecule has 90 valence electrons. The summed E-state index contributed by atoms with van der Waals surface area (Å²) >= 11 is 0. The quantitative estimate of drug-likeness (QED) is 0.737. The van der Waals surface area contributed by atoms with E-state index in [4.69, 9.17) is 0 Å². The number of aliphatic hydroxyl groups is 1. The topological polar surface area (TPSA) is 49.3 Å². The first kappa shape index (κ1) is 14.4. The maximum atomic E-state index is 11.7. The van der Waals surface area contributed by atoms with Gasteiger partial charge in [-0.05, 0) is 18.3 Å². The highest BCUT2D eigenvalue weighted by molar-refractivity contribution is 5.77. The molecule has 0 rings (SSSR count). The number of carbonyl (C=O) groups excluding carboxylic acids is 1. The molecule has 0 fully saturated rings. The molecule has 0 saturated heterocycles. The summed E-state index contributed by atoms with van der Waals surface area (Å²) in [5, 5.41) is 12.3. The fraction of sp³-hybridized carbons (Fsp3) is 0.917. The predicted molar refractivity (Wildman–Crippen MR) is 62.6 cm³/mol. The van der Waals surface area contributed by atoms with Crippen LogP contribution in [0.1, 0.15) is 53.9 Å². The molecule has 0 heterocycles. The average Bonchev–Trinajstić information content (AvgIpc) is 2.11. The summed E-state index contributed by atoms with van der Waals surface area (Å²) in [6.07, 6.45) is 2.01. The number of rotatable bonds is 5. The van der Waals surface area contributed by atoms with Gasteiger partial charge in [0, 0.05) is 6.42 Å². The lowest BCUT2D eigenvalue weighted by Crippen LogP contribution is -2.51. The van der Waals surface area contributed by atoms with E-state index < -0.39 is 5.54 Å². The van der Waals surface area contributed by atoms with E-state index in [1.165, 1.54) is 0 Å². The van der Waals surface area contributed by atoms with Crippen LogP contribution in [-0.4, -0.2) is 23.2 Å². The minimum Gasteiger partial charge on any atom is -0.394 e. The van der Waals surface area contributed by atoms with Crippen molar-refractivity contribution in [2.45, 2.75) is 59.4 Å². The highest BCUT2D eigenvalue weighted by Crippen LogP contribution is 2.20. The normalized spacial score (nSPS) is 12.7. The summed E-state index contributed by atoms with van der Waals surface area (Å²) in [7, 11) is 0. The van der Waals surface area contributed by atoms with Gasteiger partial charge in [0.1, 0.15) is 0 Å². The van der Waals surface area contributed by atoms with Gasteiger partial charge >= 0.3 is 0 Å². The van der Waals surface area contributed by atoms with Crippen molar-refractivity contribution in [1.82, 2.24) is 5.32 Å². The van der Waals surface area contributed by atoms with E-state index in [1.54, 1.807) is 0 Å². The van der Waals surface area contributed by atoms with Crippen molar-refractivity contribution in [1.29, 1.82) is 0 Å². The van der Waals surface area contributed by atoms with E-state index in [9.17, 15) is 9.90 Å². The first-order chi connectivity index (χ1) is 6.78. The summed E-state index contributed by atoms with van der Waals surface area (Å²) in [4.78, 5) is 11.7. The van der Waals surface area contributed by atoms with Gasteiger partial charge in [-0.2, -0.15) is 0 Å². The SMILES string of the molecule is CCC(CC)(CO)NC(=O)CC(C)(C)C. The summed E-state index contributed by atoms with van der Waals surface area (Å²) in [5.74, 6) is 0.0280. The molecule has 0 aromatic carbocycles. The Morgan fingerprint density at radius 3 is 1.93 bits per heavy atom. The van der Waals surface area contributed by atoms with E-state index in [0.717, 1.165) is 12.8 Å². The molecule has 1 amide bonds. The molecule has 3 nitrogen and oxygen atoms in total. The molecule has 2 N–H and O–H groups in total. The Morgan fingerprint density at radius 2 is 1.67 bits per heavy atom. The standard InChI is InChI=1S/C12H25NO2/c1-6-12(7-2,9-14)13-10(15)8-11(3,4)5/h14H,6-9H2,1-5H3,(H,13,15). The zero-order valence-corrected chi connectivity index (χ0v) is 10.7. The second kappa shape index (κ2) is 5.50. The number of aliphatic hydroxyl groups excluding tert-OH is 1. The molecular weight excluding hydrogens is 190 g/mol.